The normalized spacial score (nSPS) is 15.3. The second kappa shape index (κ2) is 10.7. The summed E-state index contributed by atoms with van der Waals surface area (Å²) in [7, 11) is -3.76. The van der Waals surface area contributed by atoms with Crippen molar-refractivity contribution < 1.29 is 22.7 Å². The fraction of sp³-hybridized carbons (Fsp3) is 0.296. The van der Waals surface area contributed by atoms with E-state index in [9.17, 15) is 18.0 Å². The summed E-state index contributed by atoms with van der Waals surface area (Å²) in [4.78, 5) is 31.5. The quantitative estimate of drug-likeness (QED) is 0.371. The number of hydrogen-bond acceptors (Lipinski definition) is 6. The van der Waals surface area contributed by atoms with Crippen LogP contribution in [0.4, 0.5) is 4.79 Å². The molecule has 0 saturated carbocycles. The lowest BCUT2D eigenvalue weighted by molar-refractivity contribution is 0.0933. The summed E-state index contributed by atoms with van der Waals surface area (Å²) in [6.07, 6.45) is -0.438. The highest BCUT2D eigenvalue weighted by atomic mass is 32.2. The van der Waals surface area contributed by atoms with Crippen LogP contribution in [0.2, 0.25) is 0 Å². The highest BCUT2D eigenvalue weighted by Crippen LogP contribution is 2.27. The van der Waals surface area contributed by atoms with Crippen molar-refractivity contribution in [1.82, 2.24) is 13.8 Å². The lowest BCUT2D eigenvalue weighted by atomic mass is 10.1. The van der Waals surface area contributed by atoms with E-state index in [1.54, 1.807) is 6.92 Å². The van der Waals surface area contributed by atoms with Crippen molar-refractivity contribution >= 4 is 54.3 Å². The van der Waals surface area contributed by atoms with Gasteiger partial charge in [-0.1, -0.05) is 41.7 Å². The predicted octanol–water partition coefficient (Wildman–Crippen LogP) is 4.08. The van der Waals surface area contributed by atoms with Gasteiger partial charge < -0.3 is 14.2 Å². The minimum absolute atomic E-state index is 0.0931. The molecule has 198 valence electrons. The third kappa shape index (κ3) is 4.84. The summed E-state index contributed by atoms with van der Waals surface area (Å²) in [5.41, 5.74) is 1.35. The third-order valence-corrected chi connectivity index (χ3v) is 9.54. The second-order valence-electron chi connectivity index (χ2n) is 8.79. The van der Waals surface area contributed by atoms with Crippen LogP contribution in [0.15, 0.2) is 70.6 Å². The fourth-order valence-electron chi connectivity index (χ4n) is 4.62. The average molecular weight is 553 g/mol. The number of thiazole rings is 1. The summed E-state index contributed by atoms with van der Waals surface area (Å²) in [5.74, 6) is -0.435. The number of ether oxygens (including phenoxy) is 1. The fourth-order valence-corrected chi connectivity index (χ4v) is 7.15. The van der Waals surface area contributed by atoms with Gasteiger partial charge in [-0.15, -0.1) is 0 Å². The molecule has 2 heterocycles. The summed E-state index contributed by atoms with van der Waals surface area (Å²) in [6.45, 7) is 5.54. The van der Waals surface area contributed by atoms with Gasteiger partial charge in [-0.05, 0) is 49.6 Å². The highest BCUT2D eigenvalue weighted by molar-refractivity contribution is 7.89. The first-order chi connectivity index (χ1) is 18.3. The molecule has 0 N–H and O–H groups in total. The SMILES string of the molecule is CCOC(=O)N1CCN(S(=O)(=O)c2ccc(C(=O)N=c3sc4ccc5ccccc5c4n3CC)cc2)CC1. The number of nitrogens with zero attached hydrogens (tertiary/aromatic N) is 4. The van der Waals surface area contributed by atoms with Crippen molar-refractivity contribution in [3.63, 3.8) is 0 Å². The molecule has 4 aromatic rings. The number of sulfonamides is 1. The number of aromatic nitrogens is 1. The van der Waals surface area contributed by atoms with E-state index in [4.69, 9.17) is 4.74 Å². The molecule has 38 heavy (non-hydrogen) atoms. The van der Waals surface area contributed by atoms with E-state index in [-0.39, 0.29) is 37.7 Å². The van der Waals surface area contributed by atoms with Crippen LogP contribution in [0, 0.1) is 0 Å². The number of rotatable bonds is 5. The number of fused-ring (bicyclic) bond motifs is 3. The molecule has 1 fully saturated rings. The van der Waals surface area contributed by atoms with E-state index in [1.807, 2.05) is 29.7 Å². The topological polar surface area (TPSA) is 101 Å². The Bertz CT molecular complexity index is 1680. The zero-order valence-corrected chi connectivity index (χ0v) is 22.8. The van der Waals surface area contributed by atoms with Crippen molar-refractivity contribution in [2.75, 3.05) is 32.8 Å². The van der Waals surface area contributed by atoms with Gasteiger partial charge in [-0.2, -0.15) is 9.30 Å². The molecule has 0 bridgehead atoms. The second-order valence-corrected chi connectivity index (χ2v) is 11.7. The summed E-state index contributed by atoms with van der Waals surface area (Å²) < 4.78 is 35.7. The minimum Gasteiger partial charge on any atom is -0.450 e. The Hall–Kier alpha value is -3.54. The first-order valence-corrected chi connectivity index (χ1v) is 14.7. The number of aryl methyl sites for hydroxylation is 1. The number of benzene rings is 3. The van der Waals surface area contributed by atoms with Gasteiger partial charge in [0.2, 0.25) is 10.0 Å². The molecular formula is C27H28N4O5S2. The predicted molar refractivity (Wildman–Crippen MR) is 147 cm³/mol. The van der Waals surface area contributed by atoms with Crippen LogP contribution in [-0.4, -0.2) is 67.0 Å². The lowest BCUT2D eigenvalue weighted by Gasteiger charge is -2.33. The Kier molecular flexibility index (Phi) is 7.33. The van der Waals surface area contributed by atoms with Gasteiger partial charge in [-0.25, -0.2) is 13.2 Å². The van der Waals surface area contributed by atoms with Gasteiger partial charge in [0.15, 0.2) is 4.80 Å². The van der Waals surface area contributed by atoms with E-state index < -0.39 is 22.0 Å². The van der Waals surface area contributed by atoms with Crippen molar-refractivity contribution in [3.8, 4) is 0 Å². The van der Waals surface area contributed by atoms with E-state index >= 15 is 0 Å². The van der Waals surface area contributed by atoms with Crippen LogP contribution in [0.25, 0.3) is 21.0 Å². The maximum absolute atomic E-state index is 13.1. The van der Waals surface area contributed by atoms with Crippen LogP contribution in [0.3, 0.4) is 0 Å². The van der Waals surface area contributed by atoms with E-state index in [0.717, 1.165) is 21.0 Å². The molecule has 1 aromatic heterocycles. The Labute approximate surface area is 224 Å². The number of carbonyl (C=O) groups excluding carboxylic acids is 2. The molecule has 0 unspecified atom stereocenters. The van der Waals surface area contributed by atoms with E-state index in [1.165, 1.54) is 44.8 Å². The first-order valence-electron chi connectivity index (χ1n) is 12.5. The minimum atomic E-state index is -3.76. The molecule has 0 spiro atoms. The van der Waals surface area contributed by atoms with Gasteiger partial charge in [0, 0.05) is 43.7 Å². The van der Waals surface area contributed by atoms with Gasteiger partial charge >= 0.3 is 6.09 Å². The molecule has 0 aliphatic carbocycles. The van der Waals surface area contributed by atoms with Crippen LogP contribution >= 0.6 is 11.3 Å². The van der Waals surface area contributed by atoms with Crippen molar-refractivity contribution in [3.05, 3.63) is 71.0 Å². The highest BCUT2D eigenvalue weighted by Gasteiger charge is 2.30. The van der Waals surface area contributed by atoms with Crippen LogP contribution < -0.4 is 4.80 Å². The van der Waals surface area contributed by atoms with E-state index in [2.05, 4.69) is 23.2 Å². The molecule has 0 atom stereocenters. The Morgan fingerprint density at radius 1 is 0.947 bits per heavy atom. The molecule has 11 heteroatoms. The Balaban J connectivity index is 1.38. The Morgan fingerprint density at radius 2 is 1.66 bits per heavy atom. The van der Waals surface area contributed by atoms with Crippen LogP contribution in [0.1, 0.15) is 24.2 Å². The summed E-state index contributed by atoms with van der Waals surface area (Å²) in [5, 5.41) is 2.23. The van der Waals surface area contributed by atoms with Crippen molar-refractivity contribution in [1.29, 1.82) is 0 Å². The molecule has 1 saturated heterocycles. The van der Waals surface area contributed by atoms with Gasteiger partial charge in [0.05, 0.1) is 21.7 Å². The largest absolute Gasteiger partial charge is 0.450 e. The molecule has 1 aliphatic heterocycles. The van der Waals surface area contributed by atoms with Crippen LogP contribution in [-0.2, 0) is 21.3 Å². The first kappa shape index (κ1) is 26.1. The smallest absolute Gasteiger partial charge is 0.409 e. The number of hydrogen-bond donors (Lipinski definition) is 0. The lowest BCUT2D eigenvalue weighted by Crippen LogP contribution is -2.50. The molecule has 9 nitrogen and oxygen atoms in total. The molecule has 5 rings (SSSR count). The van der Waals surface area contributed by atoms with Gasteiger partial charge in [-0.3, -0.25) is 4.79 Å². The maximum Gasteiger partial charge on any atom is 0.409 e. The average Bonchev–Trinajstić information content (AvgIpc) is 3.30. The zero-order chi connectivity index (χ0) is 26.9. The van der Waals surface area contributed by atoms with Gasteiger partial charge in [0.1, 0.15) is 0 Å². The number of amides is 2. The van der Waals surface area contributed by atoms with E-state index in [0.29, 0.717) is 16.9 Å². The molecule has 2 amide bonds. The summed E-state index contributed by atoms with van der Waals surface area (Å²) >= 11 is 1.45. The van der Waals surface area contributed by atoms with Crippen LogP contribution in [0.5, 0.6) is 0 Å². The van der Waals surface area contributed by atoms with Gasteiger partial charge in [0.25, 0.3) is 5.91 Å². The van der Waals surface area contributed by atoms with Crippen molar-refractivity contribution in [2.24, 2.45) is 4.99 Å². The molecule has 1 aliphatic rings. The zero-order valence-electron chi connectivity index (χ0n) is 21.2. The molecular weight excluding hydrogens is 524 g/mol. The molecule has 3 aromatic carbocycles. The number of carbonyl (C=O) groups is 2. The Morgan fingerprint density at radius 3 is 2.34 bits per heavy atom. The third-order valence-electron chi connectivity index (χ3n) is 6.58. The number of piperazine rings is 1. The monoisotopic (exact) mass is 552 g/mol. The standard InChI is InChI=1S/C27H28N4O5S2/c1-3-31-24-22-8-6-5-7-19(22)11-14-23(24)37-26(31)28-25(32)20-9-12-21(13-10-20)38(34,35)30-17-15-29(16-18-30)27(33)36-4-2/h5-14H,3-4,15-18H2,1-2H3. The maximum atomic E-state index is 13.1. The summed E-state index contributed by atoms with van der Waals surface area (Å²) in [6, 6.07) is 18.1. The van der Waals surface area contributed by atoms with Crippen molar-refractivity contribution in [2.45, 2.75) is 25.3 Å². The molecule has 0 radical (unpaired) electrons.